The van der Waals surface area contributed by atoms with Crippen LogP contribution in [0.2, 0.25) is 0 Å². The van der Waals surface area contributed by atoms with Crippen LogP contribution in [0.25, 0.3) is 0 Å². The molecule has 1 aromatic rings. The Kier molecular flexibility index (Phi) is 8.34. The molecule has 142 valence electrons. The van der Waals surface area contributed by atoms with Gasteiger partial charge in [0.1, 0.15) is 0 Å². The molecule has 0 spiro atoms. The predicted octanol–water partition coefficient (Wildman–Crippen LogP) is 4.09. The molecule has 3 rings (SSSR count). The summed E-state index contributed by atoms with van der Waals surface area (Å²) in [5.74, 6) is 1.58. The van der Waals surface area contributed by atoms with Gasteiger partial charge >= 0.3 is 0 Å². The number of benzene rings is 1. The Balaban J connectivity index is 0.00000225. The zero-order valence-corrected chi connectivity index (χ0v) is 16.4. The molecule has 1 saturated carbocycles. The Morgan fingerprint density at radius 3 is 2.40 bits per heavy atom. The highest BCUT2D eigenvalue weighted by molar-refractivity contribution is 5.85. The lowest BCUT2D eigenvalue weighted by Crippen LogP contribution is -2.45. The lowest BCUT2D eigenvalue weighted by atomic mass is 9.91. The first-order chi connectivity index (χ1) is 11.8. The molecule has 4 nitrogen and oxygen atoms in total. The largest absolute Gasteiger partial charge is 0.493 e. The smallest absolute Gasteiger partial charge is 0.160 e. The first kappa shape index (κ1) is 20.3. The summed E-state index contributed by atoms with van der Waals surface area (Å²) in [6.07, 6.45) is 9.24. The second kappa shape index (κ2) is 10.2. The van der Waals surface area contributed by atoms with Crippen LogP contribution < -0.4 is 9.47 Å². The summed E-state index contributed by atoms with van der Waals surface area (Å²) in [4.78, 5) is 2.67. The minimum absolute atomic E-state index is 0. The highest BCUT2D eigenvalue weighted by Gasteiger charge is 2.31. The van der Waals surface area contributed by atoms with E-state index in [-0.39, 0.29) is 12.4 Å². The normalized spacial score (nSPS) is 23.9. The first-order valence-corrected chi connectivity index (χ1v) is 9.38. The highest BCUT2D eigenvalue weighted by atomic mass is 35.5. The summed E-state index contributed by atoms with van der Waals surface area (Å²) in [7, 11) is 3.35. The summed E-state index contributed by atoms with van der Waals surface area (Å²) < 4.78 is 17.0. The predicted molar refractivity (Wildman–Crippen MR) is 103 cm³/mol. The molecule has 0 N–H and O–H groups in total. The Labute approximate surface area is 158 Å². The third kappa shape index (κ3) is 5.25. The van der Waals surface area contributed by atoms with E-state index in [2.05, 4.69) is 17.0 Å². The van der Waals surface area contributed by atoms with Crippen molar-refractivity contribution in [2.75, 3.05) is 33.9 Å². The zero-order valence-electron chi connectivity index (χ0n) is 15.5. The van der Waals surface area contributed by atoms with Crippen LogP contribution >= 0.6 is 12.4 Å². The van der Waals surface area contributed by atoms with Gasteiger partial charge in [-0.3, -0.25) is 4.90 Å². The number of methoxy groups -OCH3 is 2. The molecule has 0 amide bonds. The molecular formula is C20H32ClNO3. The molecule has 2 atom stereocenters. The molecule has 0 bridgehead atoms. The van der Waals surface area contributed by atoms with E-state index >= 15 is 0 Å². The van der Waals surface area contributed by atoms with Gasteiger partial charge in [0.15, 0.2) is 11.5 Å². The van der Waals surface area contributed by atoms with Crippen molar-refractivity contribution in [3.63, 3.8) is 0 Å². The molecule has 1 unspecified atom stereocenters. The van der Waals surface area contributed by atoms with Crippen molar-refractivity contribution in [2.24, 2.45) is 0 Å². The van der Waals surface area contributed by atoms with Crippen LogP contribution in [0, 0.1) is 0 Å². The van der Waals surface area contributed by atoms with E-state index in [1.807, 2.05) is 6.07 Å². The highest BCUT2D eigenvalue weighted by Crippen LogP contribution is 2.29. The van der Waals surface area contributed by atoms with Crippen LogP contribution in [0.3, 0.4) is 0 Å². The van der Waals surface area contributed by atoms with Gasteiger partial charge in [0, 0.05) is 6.04 Å². The molecular weight excluding hydrogens is 338 g/mol. The molecule has 1 aliphatic carbocycles. The Hall–Kier alpha value is -0.970. The van der Waals surface area contributed by atoms with Gasteiger partial charge in [-0.2, -0.15) is 0 Å². The molecule has 0 aromatic heterocycles. The fraction of sp³-hybridized carbons (Fsp3) is 0.700. The summed E-state index contributed by atoms with van der Waals surface area (Å²) in [5, 5.41) is 0. The van der Waals surface area contributed by atoms with Gasteiger partial charge in [-0.1, -0.05) is 18.9 Å². The minimum atomic E-state index is 0. The maximum absolute atomic E-state index is 6.33. The molecule has 5 heteroatoms. The van der Waals surface area contributed by atoms with Crippen molar-refractivity contribution >= 4 is 12.4 Å². The van der Waals surface area contributed by atoms with Crippen LogP contribution in [0.15, 0.2) is 18.2 Å². The first-order valence-electron chi connectivity index (χ1n) is 9.38. The van der Waals surface area contributed by atoms with E-state index in [1.54, 1.807) is 14.2 Å². The van der Waals surface area contributed by atoms with Gasteiger partial charge in [-0.15, -0.1) is 12.4 Å². The topological polar surface area (TPSA) is 30.9 Å². The van der Waals surface area contributed by atoms with Gasteiger partial charge in [0.2, 0.25) is 0 Å². The third-order valence-corrected chi connectivity index (χ3v) is 5.45. The maximum atomic E-state index is 6.33. The summed E-state index contributed by atoms with van der Waals surface area (Å²) >= 11 is 0. The number of halogens is 1. The van der Waals surface area contributed by atoms with Gasteiger partial charge < -0.3 is 14.2 Å². The zero-order chi connectivity index (χ0) is 16.8. The van der Waals surface area contributed by atoms with Crippen molar-refractivity contribution in [3.8, 4) is 11.5 Å². The van der Waals surface area contributed by atoms with E-state index < -0.39 is 0 Å². The number of rotatable bonds is 7. The van der Waals surface area contributed by atoms with E-state index in [4.69, 9.17) is 14.2 Å². The molecule has 1 heterocycles. The van der Waals surface area contributed by atoms with Crippen molar-refractivity contribution in [3.05, 3.63) is 23.8 Å². The molecule has 1 aromatic carbocycles. The van der Waals surface area contributed by atoms with Crippen LogP contribution in [-0.4, -0.2) is 51.0 Å². The lowest BCUT2D eigenvalue weighted by Gasteiger charge is -2.37. The van der Waals surface area contributed by atoms with Crippen molar-refractivity contribution in [1.82, 2.24) is 4.90 Å². The standard InChI is InChI=1S/C20H31NO3.ClH/c1-22-19-10-9-16(15-20(19)23-2)11-14-24-18-8-4-3-7-17(18)21-12-5-6-13-21;/h9-10,15,17-18H,3-8,11-14H2,1-2H3;1H/t17?,18-;/m0./s1. The average molecular weight is 370 g/mol. The van der Waals surface area contributed by atoms with Crippen LogP contribution in [0.1, 0.15) is 44.1 Å². The molecule has 2 fully saturated rings. The Morgan fingerprint density at radius 2 is 1.68 bits per heavy atom. The van der Waals surface area contributed by atoms with Crippen molar-refractivity contribution in [2.45, 2.75) is 57.1 Å². The van der Waals surface area contributed by atoms with Gasteiger partial charge in [-0.25, -0.2) is 0 Å². The third-order valence-electron chi connectivity index (χ3n) is 5.45. The lowest BCUT2D eigenvalue weighted by molar-refractivity contribution is -0.0290. The van der Waals surface area contributed by atoms with Crippen molar-refractivity contribution < 1.29 is 14.2 Å². The van der Waals surface area contributed by atoms with E-state index in [0.717, 1.165) is 24.5 Å². The molecule has 1 saturated heterocycles. The number of nitrogens with zero attached hydrogens (tertiary/aromatic N) is 1. The minimum Gasteiger partial charge on any atom is -0.493 e. The summed E-state index contributed by atoms with van der Waals surface area (Å²) in [5.41, 5.74) is 1.24. The SMILES string of the molecule is COc1ccc(CCO[C@H]2CCCCC2N2CCCC2)cc1OC.Cl. The maximum Gasteiger partial charge on any atom is 0.160 e. The van der Waals surface area contributed by atoms with E-state index in [1.165, 1.54) is 57.2 Å². The van der Waals surface area contributed by atoms with Gasteiger partial charge in [0.05, 0.1) is 26.9 Å². The quantitative estimate of drug-likeness (QED) is 0.724. The summed E-state index contributed by atoms with van der Waals surface area (Å²) in [6, 6.07) is 6.78. The molecule has 0 radical (unpaired) electrons. The Bertz CT molecular complexity index is 520. The molecule has 25 heavy (non-hydrogen) atoms. The fourth-order valence-electron chi connectivity index (χ4n) is 4.13. The summed E-state index contributed by atoms with van der Waals surface area (Å²) in [6.45, 7) is 3.31. The molecule has 1 aliphatic heterocycles. The van der Waals surface area contributed by atoms with Crippen LogP contribution in [0.4, 0.5) is 0 Å². The van der Waals surface area contributed by atoms with Crippen molar-refractivity contribution in [1.29, 1.82) is 0 Å². The number of hydrogen-bond acceptors (Lipinski definition) is 4. The van der Waals surface area contributed by atoms with E-state index in [9.17, 15) is 0 Å². The Morgan fingerprint density at radius 1 is 0.960 bits per heavy atom. The number of ether oxygens (including phenoxy) is 3. The van der Waals surface area contributed by atoms with Gasteiger partial charge in [0.25, 0.3) is 0 Å². The van der Waals surface area contributed by atoms with Crippen LogP contribution in [0.5, 0.6) is 11.5 Å². The molecule has 2 aliphatic rings. The van der Waals surface area contributed by atoms with E-state index in [0.29, 0.717) is 12.1 Å². The second-order valence-electron chi connectivity index (χ2n) is 6.94. The second-order valence-corrected chi connectivity index (χ2v) is 6.94. The number of hydrogen-bond donors (Lipinski definition) is 0. The average Bonchev–Trinajstić information content (AvgIpc) is 3.16. The number of likely N-dealkylation sites (tertiary alicyclic amines) is 1. The fourth-order valence-corrected chi connectivity index (χ4v) is 4.13. The monoisotopic (exact) mass is 369 g/mol. The van der Waals surface area contributed by atoms with Crippen LogP contribution in [-0.2, 0) is 11.2 Å². The van der Waals surface area contributed by atoms with Gasteiger partial charge in [-0.05, 0) is 62.9 Å².